The number of rotatable bonds is 5. The summed E-state index contributed by atoms with van der Waals surface area (Å²) in [6.45, 7) is 3.77. The van der Waals surface area contributed by atoms with E-state index in [9.17, 15) is 18.4 Å². The number of pyridine rings is 1. The molecule has 0 bridgehead atoms. The highest BCUT2D eigenvalue weighted by Crippen LogP contribution is 2.36. The molecule has 0 fully saturated rings. The molecular formula is C17H16F3N5. The second-order valence-corrected chi connectivity index (χ2v) is 5.47. The van der Waals surface area contributed by atoms with E-state index in [-0.39, 0.29) is 11.5 Å². The average Bonchev–Trinajstić information content (AvgIpc) is 2.97. The summed E-state index contributed by atoms with van der Waals surface area (Å²) < 4.78 is 41.8. The zero-order valence-corrected chi connectivity index (χ0v) is 13.5. The first-order valence-electron chi connectivity index (χ1n) is 7.83. The van der Waals surface area contributed by atoms with E-state index >= 15 is 0 Å². The highest BCUT2D eigenvalue weighted by atomic mass is 19.4. The van der Waals surface area contributed by atoms with Crippen molar-refractivity contribution in [1.82, 2.24) is 14.7 Å². The number of benzene rings is 1. The van der Waals surface area contributed by atoms with Crippen LogP contribution in [0, 0.1) is 11.3 Å². The zero-order valence-electron chi connectivity index (χ0n) is 13.5. The number of nitrogens with zero attached hydrogens (tertiary/aromatic N) is 3. The number of aromatic nitrogens is 2. The molecule has 0 unspecified atom stereocenters. The number of fused-ring (bicyclic) bond motifs is 3. The van der Waals surface area contributed by atoms with Crippen LogP contribution in [0.3, 0.4) is 0 Å². The highest BCUT2D eigenvalue weighted by molar-refractivity contribution is 5.85. The van der Waals surface area contributed by atoms with Gasteiger partial charge in [-0.25, -0.2) is 4.98 Å². The Bertz CT molecular complexity index is 953. The first-order valence-corrected chi connectivity index (χ1v) is 7.83. The van der Waals surface area contributed by atoms with Gasteiger partial charge in [-0.15, -0.1) is 0 Å². The number of halogens is 3. The summed E-state index contributed by atoms with van der Waals surface area (Å²) in [6.07, 6.45) is -4.64. The van der Waals surface area contributed by atoms with Gasteiger partial charge in [0.05, 0.1) is 16.6 Å². The Hall–Kier alpha value is -2.79. The molecule has 0 aliphatic rings. The van der Waals surface area contributed by atoms with Crippen LogP contribution >= 0.6 is 0 Å². The molecule has 2 heterocycles. The van der Waals surface area contributed by atoms with Gasteiger partial charge in [-0.1, -0.05) is 19.1 Å². The fourth-order valence-corrected chi connectivity index (χ4v) is 2.75. The Morgan fingerprint density at radius 3 is 2.68 bits per heavy atom. The third kappa shape index (κ3) is 3.10. The zero-order chi connectivity index (χ0) is 18.0. The van der Waals surface area contributed by atoms with Gasteiger partial charge in [0.15, 0.2) is 5.65 Å². The first kappa shape index (κ1) is 17.0. The van der Waals surface area contributed by atoms with Crippen molar-refractivity contribution in [2.75, 3.05) is 25.0 Å². The molecule has 25 heavy (non-hydrogen) atoms. The van der Waals surface area contributed by atoms with E-state index in [1.54, 1.807) is 34.7 Å². The fourth-order valence-electron chi connectivity index (χ4n) is 2.75. The predicted octanol–water partition coefficient (Wildman–Crippen LogP) is 3.40. The van der Waals surface area contributed by atoms with Crippen molar-refractivity contribution < 1.29 is 13.2 Å². The minimum atomic E-state index is -4.64. The van der Waals surface area contributed by atoms with Gasteiger partial charge in [-0.2, -0.15) is 18.4 Å². The summed E-state index contributed by atoms with van der Waals surface area (Å²) in [7, 11) is 0. The van der Waals surface area contributed by atoms with E-state index in [4.69, 9.17) is 0 Å². The lowest BCUT2D eigenvalue weighted by Gasteiger charge is -2.15. The SMILES string of the molecule is CCNCCNc1cc(C(F)(F)F)c(C#N)c2nc3ccccc3n12. The summed E-state index contributed by atoms with van der Waals surface area (Å²) in [6, 6.07) is 9.65. The van der Waals surface area contributed by atoms with Crippen molar-refractivity contribution in [3.8, 4) is 6.07 Å². The lowest BCUT2D eigenvalue weighted by Crippen LogP contribution is -2.23. The molecule has 8 heteroatoms. The number of imidazole rings is 1. The van der Waals surface area contributed by atoms with E-state index < -0.39 is 17.3 Å². The van der Waals surface area contributed by atoms with Gasteiger partial charge in [0.25, 0.3) is 0 Å². The lowest BCUT2D eigenvalue weighted by molar-refractivity contribution is -0.137. The number of alkyl halides is 3. The molecule has 0 spiro atoms. The second kappa shape index (κ2) is 6.61. The van der Waals surface area contributed by atoms with Crippen molar-refractivity contribution in [3.63, 3.8) is 0 Å². The van der Waals surface area contributed by atoms with E-state index in [1.807, 2.05) is 6.92 Å². The van der Waals surface area contributed by atoms with Gasteiger partial charge in [0.2, 0.25) is 0 Å². The summed E-state index contributed by atoms with van der Waals surface area (Å²) in [5.41, 5.74) is -0.268. The van der Waals surface area contributed by atoms with Crippen LogP contribution in [0.1, 0.15) is 18.1 Å². The Balaban J connectivity index is 2.26. The van der Waals surface area contributed by atoms with E-state index in [2.05, 4.69) is 15.6 Å². The van der Waals surface area contributed by atoms with E-state index in [0.717, 1.165) is 12.6 Å². The number of anilines is 1. The first-order chi connectivity index (χ1) is 12.0. The molecule has 130 valence electrons. The Morgan fingerprint density at radius 1 is 1.24 bits per heavy atom. The normalized spacial score (nSPS) is 11.8. The largest absolute Gasteiger partial charge is 0.417 e. The van der Waals surface area contributed by atoms with Crippen molar-refractivity contribution >= 4 is 22.5 Å². The lowest BCUT2D eigenvalue weighted by atomic mass is 10.1. The Morgan fingerprint density at radius 2 is 2.00 bits per heavy atom. The summed E-state index contributed by atoms with van der Waals surface area (Å²) >= 11 is 0. The third-order valence-corrected chi connectivity index (χ3v) is 3.85. The maximum atomic E-state index is 13.4. The fraction of sp³-hybridized carbons (Fsp3) is 0.294. The summed E-state index contributed by atoms with van der Waals surface area (Å²) in [4.78, 5) is 4.25. The highest BCUT2D eigenvalue weighted by Gasteiger charge is 2.36. The van der Waals surface area contributed by atoms with Gasteiger partial charge >= 0.3 is 6.18 Å². The van der Waals surface area contributed by atoms with Gasteiger partial charge in [-0.05, 0) is 24.7 Å². The van der Waals surface area contributed by atoms with Gasteiger partial charge < -0.3 is 10.6 Å². The average molecular weight is 347 g/mol. The molecule has 0 radical (unpaired) electrons. The van der Waals surface area contributed by atoms with Crippen LogP contribution in [0.2, 0.25) is 0 Å². The van der Waals surface area contributed by atoms with Crippen molar-refractivity contribution in [3.05, 3.63) is 41.5 Å². The van der Waals surface area contributed by atoms with Gasteiger partial charge in [0, 0.05) is 13.1 Å². The predicted molar refractivity (Wildman–Crippen MR) is 89.4 cm³/mol. The molecular weight excluding hydrogens is 331 g/mol. The van der Waals surface area contributed by atoms with Crippen LogP contribution in [0.25, 0.3) is 16.7 Å². The van der Waals surface area contributed by atoms with Crippen molar-refractivity contribution in [2.24, 2.45) is 0 Å². The molecule has 0 aliphatic heterocycles. The smallest absolute Gasteiger partial charge is 0.370 e. The molecule has 2 N–H and O–H groups in total. The quantitative estimate of drug-likeness (QED) is 0.695. The van der Waals surface area contributed by atoms with Crippen molar-refractivity contribution in [1.29, 1.82) is 5.26 Å². The monoisotopic (exact) mass is 347 g/mol. The maximum absolute atomic E-state index is 13.4. The number of likely N-dealkylation sites (N-methyl/N-ethyl adjacent to an activating group) is 1. The second-order valence-electron chi connectivity index (χ2n) is 5.47. The molecule has 5 nitrogen and oxygen atoms in total. The van der Waals surface area contributed by atoms with Crippen LogP contribution in [-0.2, 0) is 6.18 Å². The number of para-hydroxylation sites is 2. The number of hydrogen-bond acceptors (Lipinski definition) is 4. The molecule has 3 aromatic rings. The van der Waals surface area contributed by atoms with Crippen LogP contribution in [0.4, 0.5) is 19.0 Å². The summed E-state index contributed by atoms with van der Waals surface area (Å²) in [5, 5.41) is 15.4. The molecule has 1 aromatic carbocycles. The number of hydrogen-bond donors (Lipinski definition) is 2. The van der Waals surface area contributed by atoms with E-state index in [0.29, 0.717) is 24.1 Å². The molecule has 3 rings (SSSR count). The third-order valence-electron chi connectivity index (χ3n) is 3.85. The van der Waals surface area contributed by atoms with Gasteiger partial charge in [0.1, 0.15) is 17.5 Å². The Labute approximate surface area is 142 Å². The van der Waals surface area contributed by atoms with Crippen molar-refractivity contribution in [2.45, 2.75) is 13.1 Å². The minimum absolute atomic E-state index is 0.00414. The van der Waals surface area contributed by atoms with Crippen LogP contribution in [0.5, 0.6) is 0 Å². The minimum Gasteiger partial charge on any atom is -0.370 e. The molecule has 0 atom stereocenters. The topological polar surface area (TPSA) is 65.1 Å². The van der Waals surface area contributed by atoms with Crippen LogP contribution < -0.4 is 10.6 Å². The standard InChI is InChI=1S/C17H16F3N5/c1-2-22-7-8-23-15-9-12(17(18,19)20)11(10-21)16-24-13-5-3-4-6-14(13)25(15)16/h3-6,9,22-23H,2,7-8H2,1H3. The number of nitrogens with one attached hydrogen (secondary N) is 2. The van der Waals surface area contributed by atoms with Crippen LogP contribution in [0.15, 0.2) is 30.3 Å². The number of nitriles is 1. The van der Waals surface area contributed by atoms with Crippen LogP contribution in [-0.4, -0.2) is 29.0 Å². The molecule has 0 saturated carbocycles. The molecule has 0 aliphatic carbocycles. The molecule has 2 aromatic heterocycles. The molecule has 0 saturated heterocycles. The maximum Gasteiger partial charge on any atom is 0.417 e. The summed E-state index contributed by atoms with van der Waals surface area (Å²) in [5.74, 6) is 0.257. The van der Waals surface area contributed by atoms with Gasteiger partial charge in [-0.3, -0.25) is 4.40 Å². The van der Waals surface area contributed by atoms with E-state index in [1.165, 1.54) is 0 Å². The Kier molecular flexibility index (Phi) is 4.51. The molecule has 0 amide bonds.